The van der Waals surface area contributed by atoms with E-state index in [2.05, 4.69) is 11.6 Å². The number of hydrogen-bond acceptors (Lipinski definition) is 4. The van der Waals surface area contributed by atoms with Crippen LogP contribution in [0.4, 0.5) is 0 Å². The van der Waals surface area contributed by atoms with Crippen LogP contribution in [0.3, 0.4) is 0 Å². The molecule has 0 saturated heterocycles. The first kappa shape index (κ1) is 24.1. The van der Waals surface area contributed by atoms with Crippen molar-refractivity contribution in [3.8, 4) is 27.3 Å². The molecule has 0 saturated carbocycles. The highest BCUT2D eigenvalue weighted by atomic mass is 35.5. The van der Waals surface area contributed by atoms with Gasteiger partial charge in [-0.05, 0) is 42.3 Å². The van der Waals surface area contributed by atoms with E-state index in [1.807, 2.05) is 36.4 Å². The molecule has 3 rings (SSSR count). The second-order valence-electron chi connectivity index (χ2n) is 7.16. The van der Waals surface area contributed by atoms with Gasteiger partial charge in [0.15, 0.2) is 0 Å². The molecule has 166 valence electrons. The molecule has 2 aromatic carbocycles. The van der Waals surface area contributed by atoms with Crippen LogP contribution in [0.15, 0.2) is 48.5 Å². The van der Waals surface area contributed by atoms with Crippen LogP contribution in [0.1, 0.15) is 31.1 Å². The molecular weight excluding hydrogens is 473 g/mol. The summed E-state index contributed by atoms with van der Waals surface area (Å²) in [5.41, 5.74) is 2.84. The summed E-state index contributed by atoms with van der Waals surface area (Å²) in [6.07, 6.45) is 2.55. The van der Waals surface area contributed by atoms with Crippen LogP contribution in [0.2, 0.25) is 10.0 Å². The highest BCUT2D eigenvalue weighted by molar-refractivity contribution is 7.89. The lowest BCUT2D eigenvalue weighted by molar-refractivity contribution is 0.415. The summed E-state index contributed by atoms with van der Waals surface area (Å²) in [6.45, 7) is 2.29. The number of unbranched alkanes of at least 4 members (excludes halogenated alkanes) is 2. The van der Waals surface area contributed by atoms with Gasteiger partial charge in [0, 0.05) is 32.4 Å². The van der Waals surface area contributed by atoms with Crippen molar-refractivity contribution in [1.82, 2.24) is 4.72 Å². The second-order valence-corrected chi connectivity index (χ2v) is 11.1. The van der Waals surface area contributed by atoms with Gasteiger partial charge in [-0.15, -0.1) is 11.3 Å². The third-order valence-electron chi connectivity index (χ3n) is 4.84. The molecule has 1 aromatic heterocycles. The van der Waals surface area contributed by atoms with Crippen LogP contribution in [-0.2, 0) is 16.6 Å². The number of thiophene rings is 1. The fourth-order valence-electron chi connectivity index (χ4n) is 3.18. The molecule has 31 heavy (non-hydrogen) atoms. The Labute approximate surface area is 198 Å². The fourth-order valence-corrected chi connectivity index (χ4v) is 6.10. The van der Waals surface area contributed by atoms with Gasteiger partial charge in [-0.3, -0.25) is 0 Å². The van der Waals surface area contributed by atoms with Crippen LogP contribution in [0, 0.1) is 0 Å². The molecule has 0 bridgehead atoms. The van der Waals surface area contributed by atoms with Crippen LogP contribution in [0.25, 0.3) is 21.6 Å². The molecular formula is C23H25Cl2NO3S2. The average molecular weight is 498 g/mol. The van der Waals surface area contributed by atoms with Crippen molar-refractivity contribution in [2.24, 2.45) is 0 Å². The van der Waals surface area contributed by atoms with E-state index < -0.39 is 10.0 Å². The Balaban J connectivity index is 1.94. The van der Waals surface area contributed by atoms with Gasteiger partial charge in [-0.2, -0.15) is 0 Å². The minimum Gasteiger partial charge on any atom is -0.497 e. The maximum absolute atomic E-state index is 12.3. The molecule has 1 N–H and O–H groups in total. The first-order chi connectivity index (χ1) is 14.8. The minimum atomic E-state index is -3.31. The van der Waals surface area contributed by atoms with Crippen molar-refractivity contribution in [1.29, 1.82) is 0 Å². The van der Waals surface area contributed by atoms with Gasteiger partial charge in [0.05, 0.1) is 17.9 Å². The summed E-state index contributed by atoms with van der Waals surface area (Å²) in [4.78, 5) is 1.87. The van der Waals surface area contributed by atoms with Gasteiger partial charge in [-0.25, -0.2) is 13.1 Å². The molecule has 1 heterocycles. The van der Waals surface area contributed by atoms with Crippen molar-refractivity contribution in [2.75, 3.05) is 12.9 Å². The summed E-state index contributed by atoms with van der Waals surface area (Å²) in [5, 5.41) is 1.12. The van der Waals surface area contributed by atoms with E-state index in [1.165, 1.54) is 11.3 Å². The quantitative estimate of drug-likeness (QED) is 0.306. The zero-order chi connectivity index (χ0) is 22.4. The highest BCUT2D eigenvalue weighted by Gasteiger charge is 2.17. The number of methoxy groups -OCH3 is 1. The maximum atomic E-state index is 12.3. The van der Waals surface area contributed by atoms with E-state index in [0.717, 1.165) is 45.0 Å². The standard InChI is InChI=1S/C23H25Cl2NO3S2/c1-3-4-5-12-31(27,28)26-15-19-14-21(16-6-9-18(29-2)10-7-16)23(30-19)20-11-8-17(24)13-22(20)25/h6-11,13-14,26H,3-5,12,15H2,1-2H3. The van der Waals surface area contributed by atoms with Crippen LogP contribution in [-0.4, -0.2) is 21.3 Å². The number of hydrogen-bond donors (Lipinski definition) is 1. The summed E-state index contributed by atoms with van der Waals surface area (Å²) in [6, 6.07) is 15.2. The Bertz CT molecular complexity index is 1130. The zero-order valence-electron chi connectivity index (χ0n) is 17.5. The SMILES string of the molecule is CCCCCS(=O)(=O)NCc1cc(-c2ccc(OC)cc2)c(-c2ccc(Cl)cc2Cl)s1. The van der Waals surface area contributed by atoms with Crippen molar-refractivity contribution in [3.63, 3.8) is 0 Å². The third-order valence-corrected chi connectivity index (χ3v) is 7.97. The van der Waals surface area contributed by atoms with Gasteiger partial charge in [0.25, 0.3) is 0 Å². The van der Waals surface area contributed by atoms with E-state index in [1.54, 1.807) is 19.2 Å². The van der Waals surface area contributed by atoms with Crippen molar-refractivity contribution in [3.05, 3.63) is 63.5 Å². The number of rotatable bonds is 10. The first-order valence-corrected chi connectivity index (χ1v) is 13.3. The number of halogens is 2. The summed E-state index contributed by atoms with van der Waals surface area (Å²) in [7, 11) is -1.68. The average Bonchev–Trinajstić information content (AvgIpc) is 3.16. The molecule has 0 fully saturated rings. The lowest BCUT2D eigenvalue weighted by atomic mass is 10.0. The molecule has 0 spiro atoms. The number of benzene rings is 2. The van der Waals surface area contributed by atoms with Crippen molar-refractivity contribution < 1.29 is 13.2 Å². The topological polar surface area (TPSA) is 55.4 Å². The molecule has 0 aliphatic rings. The molecule has 3 aromatic rings. The second kappa shape index (κ2) is 10.8. The number of nitrogens with one attached hydrogen (secondary N) is 1. The van der Waals surface area contributed by atoms with E-state index in [4.69, 9.17) is 27.9 Å². The van der Waals surface area contributed by atoms with E-state index in [0.29, 0.717) is 16.5 Å². The van der Waals surface area contributed by atoms with Gasteiger partial charge < -0.3 is 4.74 Å². The fraction of sp³-hybridized carbons (Fsp3) is 0.304. The molecule has 4 nitrogen and oxygen atoms in total. The zero-order valence-corrected chi connectivity index (χ0v) is 20.6. The number of ether oxygens (including phenoxy) is 1. The molecule has 0 amide bonds. The third kappa shape index (κ3) is 6.46. The Morgan fingerprint density at radius 1 is 1.00 bits per heavy atom. The van der Waals surface area contributed by atoms with Gasteiger partial charge in [0.2, 0.25) is 10.0 Å². The van der Waals surface area contributed by atoms with E-state index in [-0.39, 0.29) is 12.3 Å². The summed E-state index contributed by atoms with van der Waals surface area (Å²) in [5.74, 6) is 0.915. The normalized spacial score (nSPS) is 11.6. The lowest BCUT2D eigenvalue weighted by Gasteiger charge is -2.08. The lowest BCUT2D eigenvalue weighted by Crippen LogP contribution is -2.25. The predicted molar refractivity (Wildman–Crippen MR) is 132 cm³/mol. The largest absolute Gasteiger partial charge is 0.497 e. The van der Waals surface area contributed by atoms with E-state index in [9.17, 15) is 8.42 Å². The van der Waals surface area contributed by atoms with Crippen LogP contribution >= 0.6 is 34.5 Å². The Hall–Kier alpha value is -1.57. The maximum Gasteiger partial charge on any atom is 0.211 e. The molecule has 8 heteroatoms. The van der Waals surface area contributed by atoms with Gasteiger partial charge in [-0.1, -0.05) is 61.2 Å². The highest BCUT2D eigenvalue weighted by Crippen LogP contribution is 2.43. The smallest absolute Gasteiger partial charge is 0.211 e. The Morgan fingerprint density at radius 3 is 2.39 bits per heavy atom. The first-order valence-electron chi connectivity index (χ1n) is 10.0. The Kier molecular flexibility index (Phi) is 8.42. The predicted octanol–water partition coefficient (Wildman–Crippen LogP) is 7.01. The van der Waals surface area contributed by atoms with Crippen LogP contribution in [0.5, 0.6) is 5.75 Å². The summed E-state index contributed by atoms with van der Waals surface area (Å²) >= 11 is 14.1. The molecule has 0 radical (unpaired) electrons. The molecule has 0 unspecified atom stereocenters. The van der Waals surface area contributed by atoms with Gasteiger partial charge in [0.1, 0.15) is 5.75 Å². The molecule has 0 atom stereocenters. The molecule has 0 aliphatic carbocycles. The van der Waals surface area contributed by atoms with Gasteiger partial charge >= 0.3 is 0 Å². The van der Waals surface area contributed by atoms with Crippen molar-refractivity contribution >= 4 is 44.6 Å². The molecule has 0 aliphatic heterocycles. The van der Waals surface area contributed by atoms with E-state index >= 15 is 0 Å². The summed E-state index contributed by atoms with van der Waals surface area (Å²) < 4.78 is 32.6. The number of sulfonamides is 1. The monoisotopic (exact) mass is 497 g/mol. The van der Waals surface area contributed by atoms with Crippen molar-refractivity contribution in [2.45, 2.75) is 32.7 Å². The Morgan fingerprint density at radius 2 is 1.74 bits per heavy atom. The van der Waals surface area contributed by atoms with Crippen LogP contribution < -0.4 is 9.46 Å². The minimum absolute atomic E-state index is 0.146.